The van der Waals surface area contributed by atoms with Gasteiger partial charge in [0.05, 0.1) is 0 Å². The summed E-state index contributed by atoms with van der Waals surface area (Å²) in [5.41, 5.74) is 1.24. The van der Waals surface area contributed by atoms with Crippen molar-refractivity contribution in [2.45, 2.75) is 92.8 Å². The summed E-state index contributed by atoms with van der Waals surface area (Å²) >= 11 is 0. The van der Waals surface area contributed by atoms with Gasteiger partial charge in [0.25, 0.3) is 0 Å². The van der Waals surface area contributed by atoms with Gasteiger partial charge in [0.15, 0.2) is 11.5 Å². The Morgan fingerprint density at radius 1 is 0.739 bits per heavy atom. The van der Waals surface area contributed by atoms with Crippen LogP contribution in [-0.2, 0) is 6.42 Å². The lowest BCUT2D eigenvalue weighted by Gasteiger charge is -2.27. The fraction of sp³-hybridized carbons (Fsp3) is 0.714. The molecule has 2 heteroatoms. The molecule has 1 rings (SSSR count). The van der Waals surface area contributed by atoms with Crippen molar-refractivity contribution in [1.82, 2.24) is 0 Å². The average molecular weight is 321 g/mol. The average Bonchev–Trinajstić information content (AvgIpc) is 2.27. The van der Waals surface area contributed by atoms with Crippen LogP contribution in [0.5, 0.6) is 11.5 Å². The summed E-state index contributed by atoms with van der Waals surface area (Å²) in [6.45, 7) is 19.3. The van der Waals surface area contributed by atoms with Crippen molar-refractivity contribution in [3.8, 4) is 11.5 Å². The molecule has 0 atom stereocenters. The zero-order valence-corrected chi connectivity index (χ0v) is 16.7. The molecule has 0 radical (unpaired) electrons. The van der Waals surface area contributed by atoms with Crippen LogP contribution in [0.1, 0.15) is 80.7 Å². The van der Waals surface area contributed by atoms with Gasteiger partial charge in [-0.1, -0.05) is 26.8 Å². The highest BCUT2D eigenvalue weighted by Crippen LogP contribution is 2.34. The zero-order valence-electron chi connectivity index (χ0n) is 16.7. The van der Waals surface area contributed by atoms with E-state index in [-0.39, 0.29) is 11.2 Å². The maximum atomic E-state index is 6.14. The van der Waals surface area contributed by atoms with Crippen molar-refractivity contribution in [2.24, 2.45) is 5.41 Å². The second-order valence-corrected chi connectivity index (χ2v) is 9.62. The highest BCUT2D eigenvalue weighted by molar-refractivity contribution is 5.43. The van der Waals surface area contributed by atoms with E-state index in [1.807, 2.05) is 0 Å². The Morgan fingerprint density at radius 2 is 1.26 bits per heavy atom. The molecule has 0 heterocycles. The molecule has 0 bridgehead atoms. The highest BCUT2D eigenvalue weighted by Gasteiger charge is 2.20. The molecule has 2 nitrogen and oxygen atoms in total. The second-order valence-electron chi connectivity index (χ2n) is 9.62. The lowest BCUT2D eigenvalue weighted by Crippen LogP contribution is -2.26. The molecule has 23 heavy (non-hydrogen) atoms. The van der Waals surface area contributed by atoms with Crippen molar-refractivity contribution < 1.29 is 9.47 Å². The number of aryl methyl sites for hydroxylation is 1. The van der Waals surface area contributed by atoms with Gasteiger partial charge in [0.1, 0.15) is 11.2 Å². The maximum Gasteiger partial charge on any atom is 0.162 e. The van der Waals surface area contributed by atoms with Crippen LogP contribution in [0.2, 0.25) is 0 Å². The molecule has 0 aliphatic carbocycles. The molecule has 0 spiro atoms. The van der Waals surface area contributed by atoms with E-state index in [0.717, 1.165) is 17.9 Å². The first-order valence-electron chi connectivity index (χ1n) is 8.76. The lowest BCUT2D eigenvalue weighted by molar-refractivity contribution is 0.0956. The van der Waals surface area contributed by atoms with E-state index in [4.69, 9.17) is 9.47 Å². The molecular weight excluding hydrogens is 284 g/mol. The third kappa shape index (κ3) is 8.88. The van der Waals surface area contributed by atoms with E-state index in [1.165, 1.54) is 18.4 Å². The molecule has 0 saturated heterocycles. The Kier molecular flexibility index (Phi) is 6.18. The lowest BCUT2D eigenvalue weighted by atomic mass is 9.89. The fourth-order valence-electron chi connectivity index (χ4n) is 2.35. The molecule has 1 aromatic carbocycles. The molecule has 0 N–H and O–H groups in total. The van der Waals surface area contributed by atoms with E-state index in [0.29, 0.717) is 5.41 Å². The second kappa shape index (κ2) is 7.15. The van der Waals surface area contributed by atoms with Gasteiger partial charge in [-0.05, 0) is 83.9 Å². The molecule has 0 saturated carbocycles. The van der Waals surface area contributed by atoms with Gasteiger partial charge in [-0.15, -0.1) is 0 Å². The number of ether oxygens (including phenoxy) is 2. The normalized spacial score (nSPS) is 13.1. The van der Waals surface area contributed by atoms with Crippen molar-refractivity contribution in [3.63, 3.8) is 0 Å². The van der Waals surface area contributed by atoms with Gasteiger partial charge < -0.3 is 9.47 Å². The molecule has 0 fully saturated rings. The van der Waals surface area contributed by atoms with Gasteiger partial charge >= 0.3 is 0 Å². The van der Waals surface area contributed by atoms with Crippen LogP contribution < -0.4 is 9.47 Å². The minimum atomic E-state index is -0.236. The van der Waals surface area contributed by atoms with E-state index < -0.39 is 0 Å². The molecule has 0 aliphatic rings. The summed E-state index contributed by atoms with van der Waals surface area (Å²) in [5, 5.41) is 0. The Balaban J connectivity index is 2.93. The fourth-order valence-corrected chi connectivity index (χ4v) is 2.35. The standard InChI is InChI=1S/C21H36O2/c1-19(2,3)14-10-11-16-12-13-17(22-20(4,5)6)18(15-16)23-21(7,8)9/h12-13,15H,10-11,14H2,1-9H3. The number of hydrogen-bond donors (Lipinski definition) is 0. The van der Waals surface area contributed by atoms with E-state index in [1.54, 1.807) is 0 Å². The molecule has 0 unspecified atom stereocenters. The van der Waals surface area contributed by atoms with Crippen LogP contribution >= 0.6 is 0 Å². The third-order valence-corrected chi connectivity index (χ3v) is 3.23. The van der Waals surface area contributed by atoms with E-state index in [2.05, 4.69) is 80.5 Å². The largest absolute Gasteiger partial charge is 0.484 e. The quantitative estimate of drug-likeness (QED) is 0.624. The summed E-state index contributed by atoms with van der Waals surface area (Å²) in [4.78, 5) is 0. The van der Waals surface area contributed by atoms with Gasteiger partial charge in [-0.25, -0.2) is 0 Å². The Morgan fingerprint density at radius 3 is 1.74 bits per heavy atom. The van der Waals surface area contributed by atoms with Gasteiger partial charge in [-0.2, -0.15) is 0 Å². The van der Waals surface area contributed by atoms with Crippen LogP contribution in [0, 0.1) is 5.41 Å². The van der Waals surface area contributed by atoms with Crippen molar-refractivity contribution in [1.29, 1.82) is 0 Å². The Hall–Kier alpha value is -1.18. The molecule has 0 aromatic heterocycles. The van der Waals surface area contributed by atoms with Crippen LogP contribution in [-0.4, -0.2) is 11.2 Å². The van der Waals surface area contributed by atoms with Gasteiger partial charge in [-0.3, -0.25) is 0 Å². The van der Waals surface area contributed by atoms with Crippen LogP contribution in [0.25, 0.3) is 0 Å². The highest BCUT2D eigenvalue weighted by atomic mass is 16.5. The minimum absolute atomic E-state index is 0.232. The Bertz CT molecular complexity index is 496. The predicted octanol–water partition coefficient (Wildman–Crippen LogP) is 6.41. The Labute approximate surface area is 143 Å². The first-order chi connectivity index (χ1) is 10.3. The molecule has 0 amide bonds. The molecule has 1 aromatic rings. The van der Waals surface area contributed by atoms with Crippen LogP contribution in [0.4, 0.5) is 0 Å². The topological polar surface area (TPSA) is 18.5 Å². The molecular formula is C21H36O2. The summed E-state index contributed by atoms with van der Waals surface area (Å²) in [5.74, 6) is 1.67. The van der Waals surface area contributed by atoms with Crippen molar-refractivity contribution >= 4 is 0 Å². The maximum absolute atomic E-state index is 6.14. The summed E-state index contributed by atoms with van der Waals surface area (Å²) in [6, 6.07) is 6.37. The summed E-state index contributed by atoms with van der Waals surface area (Å²) < 4.78 is 12.2. The summed E-state index contributed by atoms with van der Waals surface area (Å²) in [6.07, 6.45) is 3.49. The van der Waals surface area contributed by atoms with Crippen LogP contribution in [0.15, 0.2) is 18.2 Å². The smallest absolute Gasteiger partial charge is 0.162 e. The number of rotatable bonds is 5. The monoisotopic (exact) mass is 320 g/mol. The van der Waals surface area contributed by atoms with E-state index in [9.17, 15) is 0 Å². The predicted molar refractivity (Wildman–Crippen MR) is 99.6 cm³/mol. The first-order valence-corrected chi connectivity index (χ1v) is 8.76. The number of benzene rings is 1. The van der Waals surface area contributed by atoms with Gasteiger partial charge in [0, 0.05) is 0 Å². The van der Waals surface area contributed by atoms with Gasteiger partial charge in [0.2, 0.25) is 0 Å². The minimum Gasteiger partial charge on any atom is -0.484 e. The zero-order chi connectivity index (χ0) is 17.9. The first kappa shape index (κ1) is 19.9. The summed E-state index contributed by atoms with van der Waals surface area (Å²) in [7, 11) is 0. The van der Waals surface area contributed by atoms with E-state index >= 15 is 0 Å². The molecule has 132 valence electrons. The van der Waals surface area contributed by atoms with Crippen LogP contribution in [0.3, 0.4) is 0 Å². The SMILES string of the molecule is CC(C)(C)CCCc1ccc(OC(C)(C)C)c(OC(C)(C)C)c1. The van der Waals surface area contributed by atoms with Crippen molar-refractivity contribution in [3.05, 3.63) is 23.8 Å². The number of hydrogen-bond acceptors (Lipinski definition) is 2. The third-order valence-electron chi connectivity index (χ3n) is 3.23. The molecule has 0 aliphatic heterocycles. The van der Waals surface area contributed by atoms with Crippen molar-refractivity contribution in [2.75, 3.05) is 0 Å².